The number of nitrogens with zero attached hydrogens (tertiary/aromatic N) is 2. The van der Waals surface area contributed by atoms with Gasteiger partial charge in [0.1, 0.15) is 16.2 Å². The van der Waals surface area contributed by atoms with E-state index in [1.54, 1.807) is 54.0 Å². The first kappa shape index (κ1) is 33.3. The average molecular weight is 675 g/mol. The van der Waals surface area contributed by atoms with Crippen molar-refractivity contribution in [2.75, 3.05) is 24.3 Å². The van der Waals surface area contributed by atoms with E-state index in [1.807, 2.05) is 67.7 Å². The lowest BCUT2D eigenvalue weighted by Gasteiger charge is -2.18. The smallest absolute Gasteiger partial charge is 0.343 e. The van der Waals surface area contributed by atoms with Gasteiger partial charge >= 0.3 is 12.0 Å². The minimum Gasteiger partial charge on any atom is -0.462 e. The Morgan fingerprint density at radius 1 is 0.837 bits per heavy atom. The van der Waals surface area contributed by atoms with Gasteiger partial charge in [-0.3, -0.25) is 9.69 Å². The molecule has 0 saturated heterocycles. The van der Waals surface area contributed by atoms with Crippen LogP contribution in [0.1, 0.15) is 34.0 Å². The Morgan fingerprint density at radius 2 is 1.47 bits per heavy atom. The maximum Gasteiger partial charge on any atom is 0.343 e. The van der Waals surface area contributed by atoms with E-state index in [1.165, 1.54) is 23.6 Å². The van der Waals surface area contributed by atoms with Crippen molar-refractivity contribution in [3.63, 3.8) is 0 Å². The molecule has 2 N–H and O–H groups in total. The summed E-state index contributed by atoms with van der Waals surface area (Å²) in [6.45, 7) is 2.91. The van der Waals surface area contributed by atoms with E-state index >= 15 is 0 Å². The molecular weight excluding hydrogens is 640 g/mol. The Bertz CT molecular complexity index is 2150. The third-order valence-electron chi connectivity index (χ3n) is 7.96. The summed E-state index contributed by atoms with van der Waals surface area (Å²) in [6.07, 6.45) is 1.48. The van der Waals surface area contributed by atoms with Gasteiger partial charge in [-0.05, 0) is 61.0 Å². The summed E-state index contributed by atoms with van der Waals surface area (Å²) in [5.41, 5.74) is 3.83. The van der Waals surface area contributed by atoms with Crippen molar-refractivity contribution >= 4 is 44.9 Å². The van der Waals surface area contributed by atoms with E-state index in [-0.39, 0.29) is 30.6 Å². The van der Waals surface area contributed by atoms with E-state index in [0.29, 0.717) is 40.2 Å². The molecule has 49 heavy (non-hydrogen) atoms. The normalized spacial score (nSPS) is 11.1. The second-order valence-corrected chi connectivity index (χ2v) is 12.6. The fourth-order valence-electron chi connectivity index (χ4n) is 5.70. The van der Waals surface area contributed by atoms with Crippen LogP contribution in [0.4, 0.5) is 20.6 Å². The summed E-state index contributed by atoms with van der Waals surface area (Å²) in [7, 11) is 1.98. The first-order valence-electron chi connectivity index (χ1n) is 15.9. The van der Waals surface area contributed by atoms with E-state index in [0.717, 1.165) is 21.6 Å². The number of carbonyl (C=O) groups excluding carboxylic acids is 2. The van der Waals surface area contributed by atoms with Crippen molar-refractivity contribution in [3.8, 4) is 10.4 Å². The van der Waals surface area contributed by atoms with Crippen molar-refractivity contribution in [3.05, 3.63) is 154 Å². The fourth-order valence-corrected chi connectivity index (χ4v) is 6.99. The Balaban J connectivity index is 1.44. The molecule has 0 bridgehead atoms. The number of amides is 2. The zero-order valence-electron chi connectivity index (χ0n) is 27.1. The number of thiophene rings is 1. The van der Waals surface area contributed by atoms with Gasteiger partial charge in [0.2, 0.25) is 5.43 Å². The number of fused-ring (bicyclic) bond motifs is 1. The molecule has 0 aliphatic carbocycles. The van der Waals surface area contributed by atoms with Gasteiger partial charge in [-0.1, -0.05) is 78.9 Å². The third kappa shape index (κ3) is 7.77. The average Bonchev–Trinajstić information content (AvgIpc) is 3.47. The molecular formula is C39H35FN4O4S. The maximum atomic E-state index is 14.9. The number of hydrogen-bond donors (Lipinski definition) is 2. The lowest BCUT2D eigenvalue weighted by Crippen LogP contribution is -2.23. The highest BCUT2D eigenvalue weighted by atomic mass is 32.1. The lowest BCUT2D eigenvalue weighted by molar-refractivity contribution is 0.0524. The number of esters is 1. The van der Waals surface area contributed by atoms with Crippen LogP contribution in [-0.2, 0) is 24.4 Å². The van der Waals surface area contributed by atoms with Crippen molar-refractivity contribution in [2.45, 2.75) is 26.6 Å². The molecule has 0 saturated carbocycles. The van der Waals surface area contributed by atoms with Crippen LogP contribution in [0.2, 0.25) is 0 Å². The second kappa shape index (κ2) is 15.1. The molecule has 0 radical (unpaired) electrons. The highest BCUT2D eigenvalue weighted by Gasteiger charge is 2.25. The largest absolute Gasteiger partial charge is 0.462 e. The van der Waals surface area contributed by atoms with Gasteiger partial charge in [0, 0.05) is 41.1 Å². The molecule has 0 atom stereocenters. The molecule has 0 spiro atoms. The second-order valence-electron chi connectivity index (χ2n) is 11.6. The lowest BCUT2D eigenvalue weighted by atomic mass is 10.0. The Kier molecular flexibility index (Phi) is 10.3. The fraction of sp³-hybridized carbons (Fsp3) is 0.154. The highest BCUT2D eigenvalue weighted by Crippen LogP contribution is 2.39. The minimum absolute atomic E-state index is 0.106. The monoisotopic (exact) mass is 674 g/mol. The molecule has 2 heterocycles. The van der Waals surface area contributed by atoms with Crippen molar-refractivity contribution in [1.29, 1.82) is 0 Å². The number of aromatic nitrogens is 1. The quantitative estimate of drug-likeness (QED) is 0.135. The van der Waals surface area contributed by atoms with E-state index < -0.39 is 11.4 Å². The third-order valence-corrected chi connectivity index (χ3v) is 9.28. The van der Waals surface area contributed by atoms with E-state index in [9.17, 15) is 18.8 Å². The number of ether oxygens (including phenoxy) is 1. The molecule has 8 nitrogen and oxygen atoms in total. The number of urea groups is 1. The maximum absolute atomic E-state index is 14.9. The first-order valence-corrected chi connectivity index (χ1v) is 16.7. The van der Waals surface area contributed by atoms with Crippen molar-refractivity contribution in [2.24, 2.45) is 0 Å². The van der Waals surface area contributed by atoms with Gasteiger partial charge in [-0.2, -0.15) is 0 Å². The standard InChI is InChI=1S/C39H35FN4O4S/c1-3-48-38(46)32-25-44(23-28-14-10-11-17-33(28)40)37-34(35(32)45)31(24-43(2)22-26-12-6-4-7-13-26)36(49-37)27-18-20-30(21-19-27)42-39(47)41-29-15-8-5-9-16-29/h4-21,25H,3,22-24H2,1-2H3,(H2,41,42,47). The SMILES string of the molecule is CCOC(=O)c1cn(Cc2ccccc2F)c2sc(-c3ccc(NC(=O)Nc4ccccc4)cc3)c(CN(C)Cc3ccccc3)c2c1=O. The van der Waals surface area contributed by atoms with Crippen LogP contribution in [-0.4, -0.2) is 35.1 Å². The highest BCUT2D eigenvalue weighted by molar-refractivity contribution is 7.22. The molecule has 2 amide bonds. The molecule has 2 aromatic heterocycles. The summed E-state index contributed by atoms with van der Waals surface area (Å²) in [4.78, 5) is 43.5. The Labute approximate surface area is 287 Å². The summed E-state index contributed by atoms with van der Waals surface area (Å²) in [6, 6.07) is 32.6. The van der Waals surface area contributed by atoms with Crippen LogP contribution in [0.15, 0.2) is 120 Å². The molecule has 0 aliphatic rings. The number of para-hydroxylation sites is 1. The topological polar surface area (TPSA) is 92.7 Å². The molecule has 10 heteroatoms. The number of benzene rings is 4. The zero-order chi connectivity index (χ0) is 34.3. The number of anilines is 2. The summed E-state index contributed by atoms with van der Waals surface area (Å²) in [5.74, 6) is -1.11. The van der Waals surface area contributed by atoms with Crippen molar-refractivity contribution < 1.29 is 18.7 Å². The van der Waals surface area contributed by atoms with Crippen LogP contribution in [0, 0.1) is 5.82 Å². The predicted octanol–water partition coefficient (Wildman–Crippen LogP) is 8.37. The molecule has 4 aromatic carbocycles. The number of carbonyl (C=O) groups is 2. The minimum atomic E-state index is -0.725. The van der Waals surface area contributed by atoms with Gasteiger partial charge in [0.15, 0.2) is 0 Å². The molecule has 0 unspecified atom stereocenters. The summed E-state index contributed by atoms with van der Waals surface area (Å²) < 4.78 is 22.0. The van der Waals surface area contributed by atoms with E-state index in [2.05, 4.69) is 15.5 Å². The predicted molar refractivity (Wildman–Crippen MR) is 194 cm³/mol. The van der Waals surface area contributed by atoms with E-state index in [4.69, 9.17) is 4.74 Å². The van der Waals surface area contributed by atoms with Crippen LogP contribution in [0.5, 0.6) is 0 Å². The van der Waals surface area contributed by atoms with Gasteiger partial charge < -0.3 is 19.9 Å². The molecule has 0 aliphatic heterocycles. The van der Waals surface area contributed by atoms with Crippen LogP contribution < -0.4 is 16.1 Å². The molecule has 6 rings (SSSR count). The number of rotatable bonds is 11. The van der Waals surface area contributed by atoms with Crippen molar-refractivity contribution in [1.82, 2.24) is 9.47 Å². The van der Waals surface area contributed by atoms with Gasteiger partial charge in [0.25, 0.3) is 0 Å². The number of nitrogens with one attached hydrogen (secondary N) is 2. The van der Waals surface area contributed by atoms with Gasteiger partial charge in [-0.25, -0.2) is 14.0 Å². The summed E-state index contributed by atoms with van der Waals surface area (Å²) in [5, 5.41) is 6.06. The van der Waals surface area contributed by atoms with Crippen LogP contribution in [0.25, 0.3) is 20.7 Å². The molecule has 6 aromatic rings. The molecule has 248 valence electrons. The Hall–Kier alpha value is -5.58. The number of hydrogen-bond acceptors (Lipinski definition) is 6. The number of halogens is 1. The van der Waals surface area contributed by atoms with Gasteiger partial charge in [0.05, 0.1) is 18.5 Å². The van der Waals surface area contributed by atoms with Crippen LogP contribution in [0.3, 0.4) is 0 Å². The van der Waals surface area contributed by atoms with Crippen LogP contribution >= 0.6 is 11.3 Å². The molecule has 0 fully saturated rings. The zero-order valence-corrected chi connectivity index (χ0v) is 27.9. The number of pyridine rings is 1. The van der Waals surface area contributed by atoms with Gasteiger partial charge in [-0.15, -0.1) is 11.3 Å². The Morgan fingerprint density at radius 3 is 2.14 bits per heavy atom. The first-order chi connectivity index (χ1) is 23.8. The summed E-state index contributed by atoms with van der Waals surface area (Å²) >= 11 is 1.41.